The number of hydrogen-bond donors (Lipinski definition) is 9. The molecule has 0 saturated carbocycles. The molecule has 0 fully saturated rings. The number of rotatable bonds is 14. The second kappa shape index (κ2) is 14.3. The van der Waals surface area contributed by atoms with Gasteiger partial charge >= 0.3 is 11.9 Å². The lowest BCUT2D eigenvalue weighted by Crippen LogP contribution is -2.58. The van der Waals surface area contributed by atoms with Gasteiger partial charge in [0.15, 0.2) is 0 Å². The zero-order valence-corrected chi connectivity index (χ0v) is 19.8. The monoisotopic (exact) mass is 516 g/mol. The van der Waals surface area contributed by atoms with Gasteiger partial charge in [-0.2, -0.15) is 25.3 Å². The van der Waals surface area contributed by atoms with Gasteiger partial charge in [-0.15, -0.1) is 0 Å². The van der Waals surface area contributed by atoms with Crippen molar-refractivity contribution < 1.29 is 39.3 Å². The van der Waals surface area contributed by atoms with Gasteiger partial charge in [0, 0.05) is 24.3 Å². The molecule has 34 heavy (non-hydrogen) atoms. The van der Waals surface area contributed by atoms with Crippen molar-refractivity contribution >= 4 is 54.9 Å². The molecule has 3 amide bonds. The van der Waals surface area contributed by atoms with Crippen molar-refractivity contribution in [2.24, 2.45) is 5.73 Å². The Hall–Kier alpha value is -2.97. The van der Waals surface area contributed by atoms with E-state index < -0.39 is 60.2 Å². The van der Waals surface area contributed by atoms with Gasteiger partial charge in [-0.3, -0.25) is 19.2 Å². The normalized spacial score (nSPS) is 14.2. The van der Waals surface area contributed by atoms with Crippen LogP contribution in [0.4, 0.5) is 0 Å². The molecular formula is C20H28N4O8S2. The minimum absolute atomic E-state index is 0.0215. The van der Waals surface area contributed by atoms with Crippen molar-refractivity contribution in [1.82, 2.24) is 16.0 Å². The highest BCUT2D eigenvalue weighted by molar-refractivity contribution is 7.80. The molecule has 1 aromatic rings. The largest absolute Gasteiger partial charge is 0.508 e. The van der Waals surface area contributed by atoms with Gasteiger partial charge in [-0.25, -0.2) is 4.79 Å². The number of aromatic hydroxyl groups is 1. The van der Waals surface area contributed by atoms with Crippen LogP contribution in [0.5, 0.6) is 5.75 Å². The van der Waals surface area contributed by atoms with Crippen LogP contribution >= 0.6 is 25.3 Å². The van der Waals surface area contributed by atoms with Crippen LogP contribution in [0.2, 0.25) is 0 Å². The van der Waals surface area contributed by atoms with Gasteiger partial charge in [-0.05, 0) is 24.1 Å². The van der Waals surface area contributed by atoms with Crippen LogP contribution in [-0.4, -0.2) is 80.7 Å². The number of nitrogens with one attached hydrogen (secondary N) is 3. The minimum Gasteiger partial charge on any atom is -0.508 e. The number of carboxylic acids is 2. The van der Waals surface area contributed by atoms with Crippen LogP contribution in [-0.2, 0) is 30.4 Å². The Kier molecular flexibility index (Phi) is 12.2. The fourth-order valence-corrected chi connectivity index (χ4v) is 3.12. The summed E-state index contributed by atoms with van der Waals surface area (Å²) in [5.74, 6) is -5.22. The number of hydrogen-bond acceptors (Lipinski definition) is 9. The lowest BCUT2D eigenvalue weighted by molar-refractivity contribution is -0.141. The van der Waals surface area contributed by atoms with Crippen LogP contribution in [0, 0.1) is 0 Å². The van der Waals surface area contributed by atoms with Crippen molar-refractivity contribution in [3.63, 3.8) is 0 Å². The van der Waals surface area contributed by atoms with Crippen LogP contribution in [0.15, 0.2) is 24.3 Å². The number of thiol groups is 2. The molecule has 14 heteroatoms. The van der Waals surface area contributed by atoms with Gasteiger partial charge < -0.3 is 37.0 Å². The molecule has 0 heterocycles. The number of nitrogens with two attached hydrogens (primary N) is 1. The highest BCUT2D eigenvalue weighted by Crippen LogP contribution is 2.12. The van der Waals surface area contributed by atoms with E-state index in [-0.39, 0.29) is 30.1 Å². The lowest BCUT2D eigenvalue weighted by atomic mass is 10.0. The zero-order chi connectivity index (χ0) is 25.8. The Morgan fingerprint density at radius 3 is 1.85 bits per heavy atom. The summed E-state index contributed by atoms with van der Waals surface area (Å²) in [7, 11) is 0. The molecule has 0 saturated heterocycles. The van der Waals surface area contributed by atoms with Gasteiger partial charge in [0.1, 0.15) is 23.9 Å². The topological polar surface area (TPSA) is 208 Å². The molecule has 0 aromatic heterocycles. The third kappa shape index (κ3) is 9.89. The van der Waals surface area contributed by atoms with Crippen LogP contribution in [0.3, 0.4) is 0 Å². The van der Waals surface area contributed by atoms with Crippen molar-refractivity contribution in [1.29, 1.82) is 0 Å². The van der Waals surface area contributed by atoms with E-state index in [4.69, 9.17) is 10.8 Å². The fourth-order valence-electron chi connectivity index (χ4n) is 2.71. The quantitative estimate of drug-likeness (QED) is 0.132. The van der Waals surface area contributed by atoms with E-state index >= 15 is 0 Å². The molecule has 4 unspecified atom stereocenters. The molecule has 0 aliphatic rings. The maximum absolute atomic E-state index is 12.9. The molecular weight excluding hydrogens is 488 g/mol. The Morgan fingerprint density at radius 1 is 0.824 bits per heavy atom. The molecule has 188 valence electrons. The Labute approximate surface area is 206 Å². The Bertz CT molecular complexity index is 884. The molecule has 1 rings (SSSR count). The Balaban J connectivity index is 3.12. The molecule has 12 nitrogen and oxygen atoms in total. The summed E-state index contributed by atoms with van der Waals surface area (Å²) in [5, 5.41) is 34.7. The minimum atomic E-state index is -1.33. The molecule has 0 spiro atoms. The first-order chi connectivity index (χ1) is 16.0. The summed E-state index contributed by atoms with van der Waals surface area (Å²) in [5.41, 5.74) is 6.13. The first-order valence-electron chi connectivity index (χ1n) is 10.1. The number of phenolic OH excluding ortho intramolecular Hbond substituents is 1. The van der Waals surface area contributed by atoms with E-state index in [2.05, 4.69) is 41.2 Å². The number of benzene rings is 1. The first-order valence-corrected chi connectivity index (χ1v) is 11.4. The van der Waals surface area contributed by atoms with E-state index in [1.165, 1.54) is 24.3 Å². The van der Waals surface area contributed by atoms with Gasteiger partial charge in [0.25, 0.3) is 0 Å². The number of carboxylic acid groups (broad SMARTS) is 2. The first kappa shape index (κ1) is 29.1. The van der Waals surface area contributed by atoms with Crippen molar-refractivity contribution in [2.45, 2.75) is 43.4 Å². The summed E-state index contributed by atoms with van der Waals surface area (Å²) in [6.45, 7) is 0. The van der Waals surface area contributed by atoms with E-state index in [1.54, 1.807) is 0 Å². The highest BCUT2D eigenvalue weighted by Gasteiger charge is 2.30. The molecule has 4 atom stereocenters. The van der Waals surface area contributed by atoms with E-state index in [1.807, 2.05) is 0 Å². The maximum Gasteiger partial charge on any atom is 0.327 e. The van der Waals surface area contributed by atoms with Crippen molar-refractivity contribution in [2.75, 3.05) is 11.5 Å². The highest BCUT2D eigenvalue weighted by atomic mass is 32.1. The second-order valence-corrected chi connectivity index (χ2v) is 8.03. The summed E-state index contributed by atoms with van der Waals surface area (Å²) in [6.07, 6.45) is -0.829. The second-order valence-electron chi connectivity index (χ2n) is 7.30. The van der Waals surface area contributed by atoms with Crippen LogP contribution in [0.1, 0.15) is 18.4 Å². The maximum atomic E-state index is 12.9. The summed E-state index contributed by atoms with van der Waals surface area (Å²) in [6, 6.07) is 0.751. The molecule has 0 bridgehead atoms. The zero-order valence-electron chi connectivity index (χ0n) is 18.0. The molecule has 1 aromatic carbocycles. The van der Waals surface area contributed by atoms with Crippen LogP contribution in [0.25, 0.3) is 0 Å². The van der Waals surface area contributed by atoms with Gasteiger partial charge in [0.2, 0.25) is 17.7 Å². The number of phenols is 1. The van der Waals surface area contributed by atoms with Crippen LogP contribution < -0.4 is 21.7 Å². The van der Waals surface area contributed by atoms with Crippen molar-refractivity contribution in [3.05, 3.63) is 29.8 Å². The molecule has 0 aliphatic carbocycles. The molecule has 0 aliphatic heterocycles. The number of carbonyl (C=O) groups excluding carboxylic acids is 3. The van der Waals surface area contributed by atoms with E-state index in [0.29, 0.717) is 5.56 Å². The smallest absolute Gasteiger partial charge is 0.327 e. The summed E-state index contributed by atoms with van der Waals surface area (Å²) in [4.78, 5) is 60.1. The predicted molar refractivity (Wildman–Crippen MR) is 128 cm³/mol. The molecule has 0 radical (unpaired) electrons. The van der Waals surface area contributed by atoms with Gasteiger partial charge in [-0.1, -0.05) is 12.1 Å². The Morgan fingerprint density at radius 2 is 1.35 bits per heavy atom. The number of amides is 3. The van der Waals surface area contributed by atoms with E-state index in [9.17, 15) is 34.2 Å². The average molecular weight is 517 g/mol. The standard InChI is InChI=1S/C20H28N4O8S2/c21-12(8-33)17(28)22-13(5-6-16(26)27)18(29)23-14(7-10-1-3-11(25)4-2-10)19(30)24-15(9-34)20(31)32/h1-4,12-15,25,33-34H,5-9,21H2,(H,22,28)(H,23,29)(H,24,30)(H,26,27)(H,31,32). The molecule has 8 N–H and O–H groups in total. The average Bonchev–Trinajstić information content (AvgIpc) is 2.79. The third-order valence-corrected chi connectivity index (χ3v) is 5.38. The summed E-state index contributed by atoms with van der Waals surface area (Å²) >= 11 is 7.80. The summed E-state index contributed by atoms with van der Waals surface area (Å²) < 4.78 is 0. The SMILES string of the molecule is NC(CS)C(=O)NC(CCC(=O)O)C(=O)NC(Cc1ccc(O)cc1)C(=O)NC(CS)C(=O)O. The fraction of sp³-hybridized carbons (Fsp3) is 0.450. The number of aliphatic carboxylic acids is 2. The number of carbonyl (C=O) groups is 5. The third-order valence-electron chi connectivity index (χ3n) is 4.62. The predicted octanol–water partition coefficient (Wildman–Crippen LogP) is -1.47. The van der Waals surface area contributed by atoms with Gasteiger partial charge in [0.05, 0.1) is 6.04 Å². The van der Waals surface area contributed by atoms with Crippen molar-refractivity contribution in [3.8, 4) is 5.75 Å². The lowest BCUT2D eigenvalue weighted by Gasteiger charge is -2.25. The van der Waals surface area contributed by atoms with E-state index in [0.717, 1.165) is 0 Å².